The highest BCUT2D eigenvalue weighted by Gasteiger charge is 2.29. The normalized spacial score (nSPS) is 22.4. The van der Waals surface area contributed by atoms with E-state index < -0.39 is 19.0 Å². The van der Waals surface area contributed by atoms with Gasteiger partial charge in [0.05, 0.1) is 12.6 Å². The van der Waals surface area contributed by atoms with Crippen LogP contribution in [0.3, 0.4) is 0 Å². The molecule has 0 spiro atoms. The van der Waals surface area contributed by atoms with Crippen LogP contribution >= 0.6 is 0 Å². The first-order valence-corrected chi connectivity index (χ1v) is 5.08. The molecule has 0 aromatic heterocycles. The molecular weight excluding hydrogens is 237 g/mol. The quantitative estimate of drug-likeness (QED) is 0.801. The minimum Gasteiger partial charge on any atom is -0.383 e. The largest absolute Gasteiger partial charge is 0.411 e. The highest BCUT2D eigenvalue weighted by molar-refractivity contribution is 5.81. The molecule has 0 aliphatic carbocycles. The minimum atomic E-state index is -4.33. The maximum atomic E-state index is 11.9. The second-order valence-electron chi connectivity index (χ2n) is 3.66. The van der Waals surface area contributed by atoms with Gasteiger partial charge < -0.3 is 15.2 Å². The molecule has 1 rings (SSSR count). The van der Waals surface area contributed by atoms with Crippen LogP contribution in [0.4, 0.5) is 13.2 Å². The highest BCUT2D eigenvalue weighted by atomic mass is 19.4. The lowest BCUT2D eigenvalue weighted by Crippen LogP contribution is -2.31. The Morgan fingerprint density at radius 1 is 1.59 bits per heavy atom. The monoisotopic (exact) mass is 252 g/mol. The van der Waals surface area contributed by atoms with Crippen molar-refractivity contribution in [3.8, 4) is 0 Å². The number of halogens is 3. The Bertz CT molecular complexity index is 302. The Morgan fingerprint density at radius 2 is 2.29 bits per heavy atom. The summed E-state index contributed by atoms with van der Waals surface area (Å²) < 4.78 is 45.1. The van der Waals surface area contributed by atoms with Gasteiger partial charge in [0.2, 0.25) is 0 Å². The van der Waals surface area contributed by atoms with Gasteiger partial charge in [-0.15, -0.1) is 0 Å². The van der Waals surface area contributed by atoms with E-state index in [1.54, 1.807) is 6.08 Å². The highest BCUT2D eigenvalue weighted by Crippen LogP contribution is 2.18. The fraction of sp³-hybridized carbons (Fsp3) is 0.700. The minimum absolute atomic E-state index is 0.291. The van der Waals surface area contributed by atoms with E-state index in [1.165, 1.54) is 13.3 Å². The molecule has 4 nitrogen and oxygen atoms in total. The maximum absolute atomic E-state index is 11.9. The summed E-state index contributed by atoms with van der Waals surface area (Å²) in [5, 5.41) is 0. The smallest absolute Gasteiger partial charge is 0.383 e. The molecule has 0 radical (unpaired) electrons. The summed E-state index contributed by atoms with van der Waals surface area (Å²) >= 11 is 0. The van der Waals surface area contributed by atoms with Crippen LogP contribution in [0.1, 0.15) is 6.42 Å². The summed E-state index contributed by atoms with van der Waals surface area (Å²) in [5.74, 6) is 0. The molecule has 1 heterocycles. The number of aliphatic imine (C=N–C) groups is 1. The summed E-state index contributed by atoms with van der Waals surface area (Å²) in [6.07, 6.45) is -1.66. The van der Waals surface area contributed by atoms with Crippen LogP contribution in [0.15, 0.2) is 16.6 Å². The van der Waals surface area contributed by atoms with Gasteiger partial charge in [0, 0.05) is 19.7 Å². The molecule has 0 bridgehead atoms. The van der Waals surface area contributed by atoms with Crippen LogP contribution in [0, 0.1) is 0 Å². The molecule has 7 heteroatoms. The molecule has 0 aromatic carbocycles. The summed E-state index contributed by atoms with van der Waals surface area (Å²) in [6.45, 7) is -0.950. The first-order chi connectivity index (χ1) is 7.92. The van der Waals surface area contributed by atoms with E-state index in [1.807, 2.05) is 0 Å². The lowest BCUT2D eigenvalue weighted by atomic mass is 10.1. The Morgan fingerprint density at radius 3 is 2.76 bits per heavy atom. The Labute approximate surface area is 97.3 Å². The van der Waals surface area contributed by atoms with Gasteiger partial charge >= 0.3 is 6.18 Å². The Kier molecular flexibility index (Phi) is 5.10. The molecule has 0 saturated heterocycles. The van der Waals surface area contributed by atoms with Gasteiger partial charge in [0.15, 0.2) is 6.23 Å². The van der Waals surface area contributed by atoms with Gasteiger partial charge in [-0.05, 0) is 5.57 Å². The number of methoxy groups -OCH3 is 1. The molecule has 0 amide bonds. The molecular formula is C10H15F3N2O2. The van der Waals surface area contributed by atoms with Crippen molar-refractivity contribution < 1.29 is 22.6 Å². The zero-order chi connectivity index (χ0) is 12.9. The zero-order valence-corrected chi connectivity index (χ0v) is 9.41. The van der Waals surface area contributed by atoms with Crippen LogP contribution in [0.25, 0.3) is 0 Å². The summed E-state index contributed by atoms with van der Waals surface area (Å²) in [5.41, 5.74) is 6.49. The fourth-order valence-corrected chi connectivity index (χ4v) is 1.34. The number of hydrogen-bond acceptors (Lipinski definition) is 4. The van der Waals surface area contributed by atoms with Gasteiger partial charge in [-0.1, -0.05) is 6.08 Å². The van der Waals surface area contributed by atoms with Crippen molar-refractivity contribution in [1.82, 2.24) is 0 Å². The lowest BCUT2D eigenvalue weighted by molar-refractivity contribution is -0.184. The summed E-state index contributed by atoms with van der Waals surface area (Å²) in [7, 11) is 1.52. The van der Waals surface area contributed by atoms with Gasteiger partial charge in [-0.25, -0.2) is 0 Å². The fourth-order valence-electron chi connectivity index (χ4n) is 1.34. The third-order valence-electron chi connectivity index (χ3n) is 2.16. The van der Waals surface area contributed by atoms with Crippen LogP contribution < -0.4 is 5.73 Å². The number of nitrogens with two attached hydrogens (primary N) is 1. The van der Waals surface area contributed by atoms with Crippen molar-refractivity contribution in [3.63, 3.8) is 0 Å². The lowest BCUT2D eigenvalue weighted by Gasteiger charge is -2.20. The van der Waals surface area contributed by atoms with Crippen molar-refractivity contribution in [2.45, 2.75) is 24.9 Å². The predicted octanol–water partition coefficient (Wildman–Crippen LogP) is 1.27. The standard InChI is InChI=1S/C10H15F3N2O2/c1-16-5-8(14)7-2-3-9(15-4-7)17-6-10(11,12)13/h2,4,8-9H,3,5-6,14H2,1H3. The molecule has 98 valence electrons. The average molecular weight is 252 g/mol. The number of ether oxygens (including phenoxy) is 2. The molecule has 17 heavy (non-hydrogen) atoms. The first-order valence-electron chi connectivity index (χ1n) is 5.08. The molecule has 0 saturated carbocycles. The number of rotatable bonds is 5. The predicted molar refractivity (Wildman–Crippen MR) is 56.8 cm³/mol. The van der Waals surface area contributed by atoms with E-state index in [4.69, 9.17) is 10.5 Å². The number of hydrogen-bond donors (Lipinski definition) is 1. The second-order valence-corrected chi connectivity index (χ2v) is 3.66. The molecule has 1 aliphatic rings. The van der Waals surface area contributed by atoms with E-state index in [2.05, 4.69) is 9.73 Å². The third-order valence-corrected chi connectivity index (χ3v) is 2.16. The molecule has 2 N–H and O–H groups in total. The van der Waals surface area contributed by atoms with E-state index in [9.17, 15) is 13.2 Å². The Hall–Kier alpha value is -0.920. The van der Waals surface area contributed by atoms with Crippen molar-refractivity contribution in [1.29, 1.82) is 0 Å². The molecule has 0 fully saturated rings. The maximum Gasteiger partial charge on any atom is 0.411 e. The van der Waals surface area contributed by atoms with Gasteiger partial charge in [0.1, 0.15) is 6.61 Å². The number of alkyl halides is 3. The third kappa shape index (κ3) is 5.29. The summed E-state index contributed by atoms with van der Waals surface area (Å²) in [4.78, 5) is 3.87. The van der Waals surface area contributed by atoms with Crippen molar-refractivity contribution in [2.75, 3.05) is 20.3 Å². The van der Waals surface area contributed by atoms with Crippen LogP contribution in [-0.4, -0.2) is 45.0 Å². The van der Waals surface area contributed by atoms with Crippen LogP contribution in [-0.2, 0) is 9.47 Å². The van der Waals surface area contributed by atoms with Crippen molar-refractivity contribution in [3.05, 3.63) is 11.6 Å². The van der Waals surface area contributed by atoms with Gasteiger partial charge in [-0.2, -0.15) is 13.2 Å². The van der Waals surface area contributed by atoms with Crippen LogP contribution in [0.2, 0.25) is 0 Å². The van der Waals surface area contributed by atoms with Gasteiger partial charge in [-0.3, -0.25) is 4.99 Å². The first kappa shape index (κ1) is 14.1. The second kappa shape index (κ2) is 6.13. The average Bonchev–Trinajstić information content (AvgIpc) is 2.26. The molecule has 2 unspecified atom stereocenters. The molecule has 1 aliphatic heterocycles. The number of dihydropyridines is 1. The van der Waals surface area contributed by atoms with Crippen LogP contribution in [0.5, 0.6) is 0 Å². The molecule has 0 aromatic rings. The number of nitrogens with zero attached hydrogens (tertiary/aromatic N) is 1. The van der Waals surface area contributed by atoms with E-state index >= 15 is 0 Å². The summed E-state index contributed by atoms with van der Waals surface area (Å²) in [6, 6.07) is -0.313. The van der Waals surface area contributed by atoms with E-state index in [-0.39, 0.29) is 6.04 Å². The van der Waals surface area contributed by atoms with E-state index in [0.717, 1.165) is 5.57 Å². The molecule has 2 atom stereocenters. The Balaban J connectivity index is 2.37. The van der Waals surface area contributed by atoms with Crippen molar-refractivity contribution in [2.24, 2.45) is 10.7 Å². The SMILES string of the molecule is COCC(N)C1=CCC(OCC(F)(F)F)N=C1. The van der Waals surface area contributed by atoms with Gasteiger partial charge in [0.25, 0.3) is 0 Å². The van der Waals surface area contributed by atoms with Crippen molar-refractivity contribution >= 4 is 6.21 Å². The topological polar surface area (TPSA) is 56.8 Å². The van der Waals surface area contributed by atoms with E-state index in [0.29, 0.717) is 13.0 Å². The zero-order valence-electron chi connectivity index (χ0n) is 9.41.